The number of carbonyl (C=O) groups is 1. The SMILES string of the molecule is CN=C(NCCNC(=O)C(C)C)NC1CCN(CCOC(C)C)CC1. The second-order valence-corrected chi connectivity index (χ2v) is 7.12. The number of piperidine rings is 1. The van der Waals surface area contributed by atoms with Crippen LogP contribution >= 0.6 is 0 Å². The van der Waals surface area contributed by atoms with Crippen LogP contribution in [-0.2, 0) is 9.53 Å². The van der Waals surface area contributed by atoms with Crippen LogP contribution in [0.3, 0.4) is 0 Å². The summed E-state index contributed by atoms with van der Waals surface area (Å²) in [6, 6.07) is 0.443. The average molecular weight is 356 g/mol. The molecule has 0 aromatic rings. The lowest BCUT2D eigenvalue weighted by atomic mass is 10.1. The van der Waals surface area contributed by atoms with Crippen LogP contribution in [0.15, 0.2) is 4.99 Å². The van der Waals surface area contributed by atoms with Gasteiger partial charge in [0.25, 0.3) is 0 Å². The lowest BCUT2D eigenvalue weighted by molar-refractivity contribution is -0.123. The fraction of sp³-hybridized carbons (Fsp3) is 0.889. The number of hydrogen-bond donors (Lipinski definition) is 3. The third-order valence-corrected chi connectivity index (χ3v) is 4.25. The first-order chi connectivity index (χ1) is 11.9. The van der Waals surface area contributed by atoms with Gasteiger partial charge < -0.3 is 25.6 Å². The summed E-state index contributed by atoms with van der Waals surface area (Å²) in [5, 5.41) is 9.63. The standard InChI is InChI=1S/C18H37N5O2/c1-14(2)17(24)20-8-9-21-18(19-5)22-16-6-10-23(11-7-16)12-13-25-15(3)4/h14-16H,6-13H2,1-5H3,(H,20,24)(H2,19,21,22). The number of nitrogens with one attached hydrogen (secondary N) is 3. The molecule has 3 N–H and O–H groups in total. The molecule has 0 bridgehead atoms. The molecule has 25 heavy (non-hydrogen) atoms. The van der Waals surface area contributed by atoms with E-state index < -0.39 is 0 Å². The summed E-state index contributed by atoms with van der Waals surface area (Å²) in [6.07, 6.45) is 2.51. The second-order valence-electron chi connectivity index (χ2n) is 7.12. The van der Waals surface area contributed by atoms with E-state index in [4.69, 9.17) is 4.74 Å². The molecule has 0 unspecified atom stereocenters. The van der Waals surface area contributed by atoms with E-state index in [9.17, 15) is 4.79 Å². The Morgan fingerprint density at radius 2 is 1.80 bits per heavy atom. The maximum atomic E-state index is 11.5. The molecule has 1 rings (SSSR count). The molecule has 1 fully saturated rings. The Balaban J connectivity index is 2.17. The van der Waals surface area contributed by atoms with Crippen molar-refractivity contribution in [3.63, 3.8) is 0 Å². The monoisotopic (exact) mass is 355 g/mol. The summed E-state index contributed by atoms with van der Waals surface area (Å²) in [6.45, 7) is 13.2. The smallest absolute Gasteiger partial charge is 0.222 e. The van der Waals surface area contributed by atoms with E-state index in [1.165, 1.54) is 0 Å². The number of likely N-dealkylation sites (tertiary alicyclic amines) is 1. The number of nitrogens with zero attached hydrogens (tertiary/aromatic N) is 2. The highest BCUT2D eigenvalue weighted by molar-refractivity contribution is 5.80. The maximum Gasteiger partial charge on any atom is 0.222 e. The van der Waals surface area contributed by atoms with Gasteiger partial charge in [-0.3, -0.25) is 9.79 Å². The summed E-state index contributed by atoms with van der Waals surface area (Å²) in [5.41, 5.74) is 0. The summed E-state index contributed by atoms with van der Waals surface area (Å²) in [4.78, 5) is 18.2. The lowest BCUT2D eigenvalue weighted by Gasteiger charge is -2.33. The summed E-state index contributed by atoms with van der Waals surface area (Å²) < 4.78 is 5.62. The molecule has 1 aliphatic rings. The van der Waals surface area contributed by atoms with Crippen LogP contribution in [0.4, 0.5) is 0 Å². The number of rotatable bonds is 9. The van der Waals surface area contributed by atoms with Crippen molar-refractivity contribution < 1.29 is 9.53 Å². The quantitative estimate of drug-likeness (QED) is 0.324. The van der Waals surface area contributed by atoms with Gasteiger partial charge in [-0.2, -0.15) is 0 Å². The predicted octanol–water partition coefficient (Wildman–Crippen LogP) is 0.813. The summed E-state index contributed by atoms with van der Waals surface area (Å²) in [7, 11) is 1.78. The van der Waals surface area contributed by atoms with Gasteiger partial charge in [0.2, 0.25) is 5.91 Å². The van der Waals surface area contributed by atoms with Crippen molar-refractivity contribution in [2.45, 2.75) is 52.7 Å². The highest BCUT2D eigenvalue weighted by atomic mass is 16.5. The Bertz CT molecular complexity index is 404. The predicted molar refractivity (Wildman–Crippen MR) is 103 cm³/mol. The average Bonchev–Trinajstić information content (AvgIpc) is 2.58. The third kappa shape index (κ3) is 9.65. The van der Waals surface area contributed by atoms with E-state index in [2.05, 4.69) is 39.7 Å². The molecule has 0 aromatic carbocycles. The van der Waals surface area contributed by atoms with Gasteiger partial charge in [-0.15, -0.1) is 0 Å². The van der Waals surface area contributed by atoms with Crippen molar-refractivity contribution >= 4 is 11.9 Å². The van der Waals surface area contributed by atoms with E-state index >= 15 is 0 Å². The minimum atomic E-state index is 0.0218. The third-order valence-electron chi connectivity index (χ3n) is 4.25. The molecular weight excluding hydrogens is 318 g/mol. The molecule has 1 aliphatic heterocycles. The largest absolute Gasteiger partial charge is 0.377 e. The first kappa shape index (κ1) is 21.7. The van der Waals surface area contributed by atoms with Gasteiger partial charge in [0.15, 0.2) is 5.96 Å². The Morgan fingerprint density at radius 1 is 1.16 bits per heavy atom. The molecule has 0 saturated carbocycles. The van der Waals surface area contributed by atoms with Crippen LogP contribution in [0.25, 0.3) is 0 Å². The molecule has 0 aliphatic carbocycles. The van der Waals surface area contributed by atoms with E-state index in [0.717, 1.165) is 45.0 Å². The molecule has 0 radical (unpaired) electrons. The number of ether oxygens (including phenoxy) is 1. The fourth-order valence-corrected chi connectivity index (χ4v) is 2.68. The van der Waals surface area contributed by atoms with E-state index in [1.807, 2.05) is 13.8 Å². The minimum absolute atomic E-state index is 0.0218. The fourth-order valence-electron chi connectivity index (χ4n) is 2.68. The summed E-state index contributed by atoms with van der Waals surface area (Å²) in [5.74, 6) is 0.910. The zero-order valence-corrected chi connectivity index (χ0v) is 16.6. The molecule has 7 nitrogen and oxygen atoms in total. The molecule has 146 valence electrons. The van der Waals surface area contributed by atoms with Crippen molar-refractivity contribution in [1.29, 1.82) is 0 Å². The highest BCUT2D eigenvalue weighted by Crippen LogP contribution is 2.10. The van der Waals surface area contributed by atoms with Crippen LogP contribution in [0.2, 0.25) is 0 Å². The van der Waals surface area contributed by atoms with Crippen LogP contribution < -0.4 is 16.0 Å². The van der Waals surface area contributed by atoms with Gasteiger partial charge in [-0.1, -0.05) is 13.8 Å². The molecule has 1 heterocycles. The number of amides is 1. The number of aliphatic imine (C=N–C) groups is 1. The van der Waals surface area contributed by atoms with Crippen molar-refractivity contribution in [1.82, 2.24) is 20.9 Å². The van der Waals surface area contributed by atoms with Crippen molar-refractivity contribution in [2.24, 2.45) is 10.9 Å². The summed E-state index contributed by atoms with van der Waals surface area (Å²) >= 11 is 0. The van der Waals surface area contributed by atoms with E-state index in [-0.39, 0.29) is 11.8 Å². The van der Waals surface area contributed by atoms with E-state index in [0.29, 0.717) is 25.2 Å². The van der Waals surface area contributed by atoms with Gasteiger partial charge in [-0.05, 0) is 26.7 Å². The normalized spacial score (nSPS) is 17.2. The van der Waals surface area contributed by atoms with Crippen molar-refractivity contribution in [3.8, 4) is 0 Å². The lowest BCUT2D eigenvalue weighted by Crippen LogP contribution is -2.50. The minimum Gasteiger partial charge on any atom is -0.377 e. The van der Waals surface area contributed by atoms with Crippen molar-refractivity contribution in [3.05, 3.63) is 0 Å². The van der Waals surface area contributed by atoms with Crippen molar-refractivity contribution in [2.75, 3.05) is 46.4 Å². The molecule has 0 aromatic heterocycles. The molecule has 7 heteroatoms. The highest BCUT2D eigenvalue weighted by Gasteiger charge is 2.19. The van der Waals surface area contributed by atoms with Crippen LogP contribution in [0.1, 0.15) is 40.5 Å². The topological polar surface area (TPSA) is 78.0 Å². The van der Waals surface area contributed by atoms with Gasteiger partial charge in [-0.25, -0.2) is 0 Å². The van der Waals surface area contributed by atoms with Crippen LogP contribution in [-0.4, -0.2) is 75.3 Å². The number of guanidine groups is 1. The molecule has 1 amide bonds. The molecule has 1 saturated heterocycles. The Labute approximate surface area is 153 Å². The molecular formula is C18H37N5O2. The Kier molecular flexibility index (Phi) is 10.5. The molecule has 0 atom stereocenters. The van der Waals surface area contributed by atoms with E-state index in [1.54, 1.807) is 7.05 Å². The van der Waals surface area contributed by atoms with Gasteiger partial charge in [0.1, 0.15) is 0 Å². The van der Waals surface area contributed by atoms with Gasteiger partial charge >= 0.3 is 0 Å². The molecule has 0 spiro atoms. The first-order valence-corrected chi connectivity index (χ1v) is 9.51. The Morgan fingerprint density at radius 3 is 2.36 bits per heavy atom. The zero-order valence-electron chi connectivity index (χ0n) is 16.6. The number of hydrogen-bond acceptors (Lipinski definition) is 4. The van der Waals surface area contributed by atoms with Gasteiger partial charge in [0, 0.05) is 51.7 Å². The number of carbonyl (C=O) groups excluding carboxylic acids is 1. The van der Waals surface area contributed by atoms with Crippen LogP contribution in [0.5, 0.6) is 0 Å². The zero-order chi connectivity index (χ0) is 18.7. The first-order valence-electron chi connectivity index (χ1n) is 9.51. The Hall–Kier alpha value is -1.34. The second kappa shape index (κ2) is 12.1. The van der Waals surface area contributed by atoms with Crippen LogP contribution in [0, 0.1) is 5.92 Å². The van der Waals surface area contributed by atoms with Gasteiger partial charge in [0.05, 0.1) is 12.7 Å². The maximum absolute atomic E-state index is 11.5.